The normalized spacial score (nSPS) is 18.2. The number of rotatable bonds is 4. The summed E-state index contributed by atoms with van der Waals surface area (Å²) in [4.78, 5) is 14.1. The lowest BCUT2D eigenvalue weighted by Crippen LogP contribution is -2.31. The molecule has 0 aromatic heterocycles. The zero-order valence-corrected chi connectivity index (χ0v) is 13.8. The molecule has 1 aliphatic rings. The first-order valence-electron chi connectivity index (χ1n) is 6.58. The largest absolute Gasteiger partial charge is 0.378 e. The van der Waals surface area contributed by atoms with E-state index in [-0.39, 0.29) is 16.9 Å². The van der Waals surface area contributed by atoms with Crippen molar-refractivity contribution in [2.75, 3.05) is 24.7 Å². The maximum Gasteiger partial charge on any atom is 0.264 e. The van der Waals surface area contributed by atoms with Gasteiger partial charge in [-0.05, 0) is 23.4 Å². The van der Waals surface area contributed by atoms with Crippen LogP contribution in [0.15, 0.2) is 34.1 Å². The Kier molecular flexibility index (Phi) is 5.21. The van der Waals surface area contributed by atoms with Crippen molar-refractivity contribution in [3.8, 4) is 6.07 Å². The molecule has 1 aliphatic heterocycles. The minimum Gasteiger partial charge on any atom is -0.378 e. The molecule has 0 radical (unpaired) electrons. The predicted octanol–water partition coefficient (Wildman–Crippen LogP) is 3.10. The van der Waals surface area contributed by atoms with Crippen molar-refractivity contribution < 1.29 is 4.79 Å². The van der Waals surface area contributed by atoms with Crippen LogP contribution in [-0.4, -0.2) is 25.8 Å². The fourth-order valence-corrected chi connectivity index (χ4v) is 4.30. The molecular weight excluding hydrogens is 302 g/mol. The van der Waals surface area contributed by atoms with Crippen molar-refractivity contribution in [2.45, 2.75) is 12.3 Å². The molecule has 0 bridgehead atoms. The predicted molar refractivity (Wildman–Crippen MR) is 90.0 cm³/mol. The van der Waals surface area contributed by atoms with Crippen LogP contribution in [-0.2, 0) is 4.79 Å². The minimum absolute atomic E-state index is 0.139. The number of hydrogen-bond donors (Lipinski definition) is 1. The molecule has 1 aromatic carbocycles. The number of carbonyl (C=O) groups excluding carboxylic acids is 1. The fraction of sp³-hybridized carbons (Fsp3) is 0.333. The quantitative estimate of drug-likeness (QED) is 0.924. The Morgan fingerprint density at radius 1 is 1.38 bits per heavy atom. The van der Waals surface area contributed by atoms with Gasteiger partial charge in [0.15, 0.2) is 0 Å². The van der Waals surface area contributed by atoms with Gasteiger partial charge in [0.25, 0.3) is 5.91 Å². The fourth-order valence-electron chi connectivity index (χ4n) is 1.91. The number of benzene rings is 1. The number of carbonyl (C=O) groups is 1. The van der Waals surface area contributed by atoms with E-state index in [2.05, 4.69) is 5.32 Å². The molecule has 1 amide bonds. The van der Waals surface area contributed by atoms with Crippen molar-refractivity contribution in [2.24, 2.45) is 0 Å². The highest BCUT2D eigenvalue weighted by Gasteiger charge is 2.28. The second-order valence-electron chi connectivity index (χ2n) is 4.66. The maximum atomic E-state index is 12.0. The van der Waals surface area contributed by atoms with Gasteiger partial charge in [0, 0.05) is 19.8 Å². The average Bonchev–Trinajstić information content (AvgIpc) is 2.47. The minimum atomic E-state index is -0.283. The smallest absolute Gasteiger partial charge is 0.264 e. The van der Waals surface area contributed by atoms with E-state index in [9.17, 15) is 4.79 Å². The zero-order chi connectivity index (χ0) is 15.4. The standard InChI is InChI=1S/C15H17N3OS2/c1-4-20-15-12(9-16)13(19)17-14(21-15)10-5-7-11(8-6-10)18(2)3/h5-8,14H,4H2,1-3H3,(H,17,19). The molecule has 2 rings (SSSR count). The summed E-state index contributed by atoms with van der Waals surface area (Å²) in [5.74, 6) is 0.557. The van der Waals surface area contributed by atoms with Crippen LogP contribution >= 0.6 is 23.5 Å². The molecule has 6 heteroatoms. The number of nitrogens with one attached hydrogen (secondary N) is 1. The van der Waals surface area contributed by atoms with E-state index in [1.54, 1.807) is 11.8 Å². The van der Waals surface area contributed by atoms with Gasteiger partial charge in [0.2, 0.25) is 0 Å². The Balaban J connectivity index is 2.25. The summed E-state index contributed by atoms with van der Waals surface area (Å²) in [5, 5.41) is 11.9. The summed E-state index contributed by atoms with van der Waals surface area (Å²) >= 11 is 3.08. The summed E-state index contributed by atoms with van der Waals surface area (Å²) in [6.07, 6.45) is 0. The second kappa shape index (κ2) is 6.92. The summed E-state index contributed by atoms with van der Waals surface area (Å²) in [7, 11) is 3.98. The molecule has 0 saturated heterocycles. The molecule has 1 unspecified atom stereocenters. The van der Waals surface area contributed by atoms with Crippen molar-refractivity contribution in [1.82, 2.24) is 5.32 Å². The van der Waals surface area contributed by atoms with Crippen molar-refractivity contribution in [3.63, 3.8) is 0 Å². The first-order valence-corrected chi connectivity index (χ1v) is 8.45. The van der Waals surface area contributed by atoms with E-state index in [4.69, 9.17) is 5.26 Å². The molecule has 1 N–H and O–H groups in total. The van der Waals surface area contributed by atoms with Gasteiger partial charge in [-0.1, -0.05) is 30.8 Å². The van der Waals surface area contributed by atoms with Crippen LogP contribution in [0.5, 0.6) is 0 Å². The highest BCUT2D eigenvalue weighted by atomic mass is 32.2. The summed E-state index contributed by atoms with van der Waals surface area (Å²) in [5.41, 5.74) is 2.38. The molecule has 4 nitrogen and oxygen atoms in total. The van der Waals surface area contributed by atoms with Crippen molar-refractivity contribution in [3.05, 3.63) is 39.6 Å². The van der Waals surface area contributed by atoms with E-state index in [0.29, 0.717) is 0 Å². The van der Waals surface area contributed by atoms with Gasteiger partial charge in [0.1, 0.15) is 17.0 Å². The van der Waals surface area contributed by atoms with Crippen molar-refractivity contribution in [1.29, 1.82) is 5.26 Å². The van der Waals surface area contributed by atoms with Gasteiger partial charge in [-0.25, -0.2) is 0 Å². The van der Waals surface area contributed by atoms with E-state index in [1.807, 2.05) is 56.3 Å². The topological polar surface area (TPSA) is 56.1 Å². The lowest BCUT2D eigenvalue weighted by molar-refractivity contribution is -0.117. The molecule has 1 heterocycles. The van der Waals surface area contributed by atoms with Crippen LogP contribution in [0.4, 0.5) is 5.69 Å². The third kappa shape index (κ3) is 3.55. The average molecular weight is 319 g/mol. The van der Waals surface area contributed by atoms with Crippen LogP contribution in [0.25, 0.3) is 0 Å². The van der Waals surface area contributed by atoms with Crippen LogP contribution in [0.2, 0.25) is 0 Å². The van der Waals surface area contributed by atoms with Gasteiger partial charge >= 0.3 is 0 Å². The molecule has 0 fully saturated rings. The van der Waals surface area contributed by atoms with Gasteiger partial charge in [-0.2, -0.15) is 5.26 Å². The van der Waals surface area contributed by atoms with Crippen LogP contribution in [0.3, 0.4) is 0 Å². The monoisotopic (exact) mass is 319 g/mol. The summed E-state index contributed by atoms with van der Waals surface area (Å²) in [6, 6.07) is 10.1. The number of thioether (sulfide) groups is 2. The Labute approximate surface area is 133 Å². The molecule has 0 saturated carbocycles. The summed E-state index contributed by atoms with van der Waals surface area (Å²) < 4.78 is 0.811. The van der Waals surface area contributed by atoms with E-state index >= 15 is 0 Å². The Morgan fingerprint density at radius 2 is 2.05 bits per heavy atom. The first-order chi connectivity index (χ1) is 10.1. The lowest BCUT2D eigenvalue weighted by atomic mass is 10.2. The molecule has 21 heavy (non-hydrogen) atoms. The molecule has 0 aliphatic carbocycles. The molecular formula is C15H17N3OS2. The van der Waals surface area contributed by atoms with E-state index < -0.39 is 0 Å². The Morgan fingerprint density at radius 3 is 2.57 bits per heavy atom. The summed E-state index contributed by atoms with van der Waals surface area (Å²) in [6.45, 7) is 2.01. The van der Waals surface area contributed by atoms with Gasteiger partial charge < -0.3 is 10.2 Å². The zero-order valence-electron chi connectivity index (χ0n) is 12.2. The molecule has 110 valence electrons. The SMILES string of the molecule is CCSC1=C(C#N)C(=O)NC(c2ccc(N(C)C)cc2)S1. The Hall–Kier alpha value is -1.58. The highest BCUT2D eigenvalue weighted by Crippen LogP contribution is 2.43. The first kappa shape index (κ1) is 15.8. The van der Waals surface area contributed by atoms with Crippen LogP contribution in [0.1, 0.15) is 17.9 Å². The molecule has 1 atom stereocenters. The third-order valence-corrected chi connectivity index (χ3v) is 5.46. The van der Waals surface area contributed by atoms with Gasteiger partial charge in [-0.15, -0.1) is 11.8 Å². The van der Waals surface area contributed by atoms with Crippen LogP contribution in [0, 0.1) is 11.3 Å². The number of nitrogens with zero attached hydrogens (tertiary/aromatic N) is 2. The third-order valence-electron chi connectivity index (χ3n) is 3.02. The Bertz CT molecular complexity index is 602. The number of anilines is 1. The van der Waals surface area contributed by atoms with Gasteiger partial charge in [-0.3, -0.25) is 4.79 Å². The molecule has 0 spiro atoms. The van der Waals surface area contributed by atoms with E-state index in [1.165, 1.54) is 11.8 Å². The van der Waals surface area contributed by atoms with Crippen LogP contribution < -0.4 is 10.2 Å². The van der Waals surface area contributed by atoms with E-state index in [0.717, 1.165) is 21.2 Å². The van der Waals surface area contributed by atoms with Gasteiger partial charge in [0.05, 0.1) is 4.24 Å². The van der Waals surface area contributed by atoms with Crippen molar-refractivity contribution >= 4 is 35.1 Å². The lowest BCUT2D eigenvalue weighted by Gasteiger charge is -2.25. The highest BCUT2D eigenvalue weighted by molar-refractivity contribution is 8.22. The maximum absolute atomic E-state index is 12.0. The number of nitriles is 1. The molecule has 1 aromatic rings. The second-order valence-corrected chi connectivity index (χ2v) is 7.31. The number of hydrogen-bond acceptors (Lipinski definition) is 5. The number of amides is 1.